The summed E-state index contributed by atoms with van der Waals surface area (Å²) in [6, 6.07) is 27.1. The summed E-state index contributed by atoms with van der Waals surface area (Å²) in [6.45, 7) is 4.64. The summed E-state index contributed by atoms with van der Waals surface area (Å²) in [5.41, 5.74) is 9.16. The highest BCUT2D eigenvalue weighted by Crippen LogP contribution is 2.51. The summed E-state index contributed by atoms with van der Waals surface area (Å²) in [7, 11) is 0. The molecule has 0 amide bonds. The minimum Gasteiger partial charge on any atom is -0.0623 e. The molecular formula is C31H28. The Hall–Kier alpha value is -3.12. The fraction of sp³-hybridized carbons (Fsp3) is 0.226. The zero-order valence-electron chi connectivity index (χ0n) is 18.4. The number of rotatable bonds is 4. The monoisotopic (exact) mass is 400 g/mol. The van der Waals surface area contributed by atoms with Crippen molar-refractivity contribution in [3.63, 3.8) is 0 Å². The van der Waals surface area contributed by atoms with Crippen LogP contribution in [0.4, 0.5) is 0 Å². The Labute approximate surface area is 184 Å². The van der Waals surface area contributed by atoms with Gasteiger partial charge in [0.25, 0.3) is 0 Å². The maximum atomic E-state index is 2.49. The highest BCUT2D eigenvalue weighted by molar-refractivity contribution is 5.96. The van der Waals surface area contributed by atoms with Crippen molar-refractivity contribution in [2.75, 3.05) is 0 Å². The van der Waals surface area contributed by atoms with Crippen molar-refractivity contribution < 1.29 is 0 Å². The van der Waals surface area contributed by atoms with Gasteiger partial charge in [0.05, 0.1) is 0 Å². The van der Waals surface area contributed by atoms with E-state index in [0.29, 0.717) is 11.8 Å². The fourth-order valence-electron chi connectivity index (χ4n) is 6.02. The fourth-order valence-corrected chi connectivity index (χ4v) is 6.02. The SMILES string of the molecule is CCC1=Cc2c(ccc3ccccc23)C1CC1C(CC)=Cc2c1ccc1ccccc21. The van der Waals surface area contributed by atoms with Gasteiger partial charge >= 0.3 is 0 Å². The minimum atomic E-state index is 0.516. The lowest BCUT2D eigenvalue weighted by Crippen LogP contribution is -2.08. The standard InChI is InChI=1S/C31H28/c1-3-20-17-30-24-11-7-5-9-22(24)13-15-26(30)28(20)19-29-21(4-2)18-31-25-12-8-6-10-23(25)14-16-27(29)31/h5-18,28-29H,3-4,19H2,1-2H3. The van der Waals surface area contributed by atoms with Crippen LogP contribution in [0.15, 0.2) is 83.9 Å². The Bertz CT molecular complexity index is 1270. The second-order valence-electron chi connectivity index (χ2n) is 9.07. The van der Waals surface area contributed by atoms with Gasteiger partial charge in [0.2, 0.25) is 0 Å². The average molecular weight is 401 g/mol. The molecule has 0 nitrogen and oxygen atoms in total. The van der Waals surface area contributed by atoms with Gasteiger partial charge in [-0.05, 0) is 63.1 Å². The lowest BCUT2D eigenvalue weighted by molar-refractivity contribution is 0.621. The van der Waals surface area contributed by atoms with E-state index in [1.165, 1.54) is 50.2 Å². The van der Waals surface area contributed by atoms with Crippen LogP contribution < -0.4 is 0 Å². The molecule has 0 spiro atoms. The molecule has 2 aliphatic rings. The first-order valence-corrected chi connectivity index (χ1v) is 11.7. The number of allylic oxidation sites excluding steroid dienone is 2. The minimum absolute atomic E-state index is 0.516. The van der Waals surface area contributed by atoms with Crippen molar-refractivity contribution in [2.24, 2.45) is 0 Å². The van der Waals surface area contributed by atoms with Crippen LogP contribution in [0.5, 0.6) is 0 Å². The predicted molar refractivity (Wildman–Crippen MR) is 135 cm³/mol. The molecular weight excluding hydrogens is 372 g/mol. The molecule has 4 aromatic rings. The van der Waals surface area contributed by atoms with E-state index < -0.39 is 0 Å². The van der Waals surface area contributed by atoms with Crippen LogP contribution in [0, 0.1) is 0 Å². The first-order valence-electron chi connectivity index (χ1n) is 11.7. The number of hydrogen-bond donors (Lipinski definition) is 0. The van der Waals surface area contributed by atoms with Crippen molar-refractivity contribution in [3.05, 3.63) is 106 Å². The van der Waals surface area contributed by atoms with Gasteiger partial charge in [0, 0.05) is 11.8 Å². The molecule has 6 rings (SSSR count). The molecule has 31 heavy (non-hydrogen) atoms. The molecule has 2 aliphatic carbocycles. The van der Waals surface area contributed by atoms with E-state index >= 15 is 0 Å². The van der Waals surface area contributed by atoms with Crippen LogP contribution in [-0.2, 0) is 0 Å². The Balaban J connectivity index is 1.45. The first-order chi connectivity index (χ1) is 15.3. The zero-order chi connectivity index (χ0) is 20.9. The van der Waals surface area contributed by atoms with Crippen molar-refractivity contribution in [1.82, 2.24) is 0 Å². The Morgan fingerprint density at radius 2 is 1.00 bits per heavy atom. The van der Waals surface area contributed by atoms with Gasteiger partial charge < -0.3 is 0 Å². The van der Waals surface area contributed by atoms with E-state index in [4.69, 9.17) is 0 Å². The Kier molecular flexibility index (Phi) is 4.35. The molecule has 2 unspecified atom stereocenters. The topological polar surface area (TPSA) is 0 Å². The normalized spacial score (nSPS) is 19.4. The summed E-state index contributed by atoms with van der Waals surface area (Å²) in [5, 5.41) is 5.50. The predicted octanol–water partition coefficient (Wildman–Crippen LogP) is 8.86. The lowest BCUT2D eigenvalue weighted by atomic mass is 9.80. The molecule has 4 aromatic carbocycles. The van der Waals surface area contributed by atoms with Crippen molar-refractivity contribution in [1.29, 1.82) is 0 Å². The van der Waals surface area contributed by atoms with Crippen molar-refractivity contribution >= 4 is 33.7 Å². The first kappa shape index (κ1) is 18.6. The van der Waals surface area contributed by atoms with Gasteiger partial charge in [-0.2, -0.15) is 0 Å². The van der Waals surface area contributed by atoms with Crippen LogP contribution in [-0.4, -0.2) is 0 Å². The molecule has 0 saturated heterocycles. The maximum absolute atomic E-state index is 2.49. The molecule has 0 saturated carbocycles. The zero-order valence-corrected chi connectivity index (χ0v) is 18.4. The van der Waals surface area contributed by atoms with Gasteiger partial charge in [-0.15, -0.1) is 0 Å². The molecule has 0 N–H and O–H groups in total. The maximum Gasteiger partial charge on any atom is 0.00664 e. The summed E-state index contributed by atoms with van der Waals surface area (Å²) in [4.78, 5) is 0. The van der Waals surface area contributed by atoms with Crippen LogP contribution in [0.25, 0.3) is 33.7 Å². The quantitative estimate of drug-likeness (QED) is 0.321. The van der Waals surface area contributed by atoms with E-state index in [2.05, 4.69) is 98.8 Å². The van der Waals surface area contributed by atoms with Crippen LogP contribution in [0.1, 0.15) is 67.2 Å². The molecule has 0 bridgehead atoms. The van der Waals surface area contributed by atoms with Gasteiger partial charge in [0.1, 0.15) is 0 Å². The summed E-state index contributed by atoms with van der Waals surface area (Å²) >= 11 is 0. The molecule has 0 heteroatoms. The van der Waals surface area contributed by atoms with Gasteiger partial charge in [-0.1, -0.05) is 110 Å². The molecule has 0 radical (unpaired) electrons. The summed E-state index contributed by atoms with van der Waals surface area (Å²) < 4.78 is 0. The van der Waals surface area contributed by atoms with Crippen molar-refractivity contribution in [3.8, 4) is 0 Å². The second-order valence-corrected chi connectivity index (χ2v) is 9.07. The lowest BCUT2D eigenvalue weighted by Gasteiger charge is -2.24. The highest BCUT2D eigenvalue weighted by Gasteiger charge is 2.32. The Morgan fingerprint density at radius 1 is 0.548 bits per heavy atom. The van der Waals surface area contributed by atoms with Crippen molar-refractivity contribution in [2.45, 2.75) is 44.9 Å². The van der Waals surface area contributed by atoms with Crippen LogP contribution in [0.2, 0.25) is 0 Å². The Morgan fingerprint density at radius 3 is 1.45 bits per heavy atom. The third kappa shape index (κ3) is 2.82. The van der Waals surface area contributed by atoms with E-state index in [0.717, 1.165) is 12.8 Å². The number of fused-ring (bicyclic) bond motifs is 6. The van der Waals surface area contributed by atoms with E-state index in [1.807, 2.05) is 0 Å². The largest absolute Gasteiger partial charge is 0.0623 e. The molecule has 2 atom stereocenters. The molecule has 0 aliphatic heterocycles. The third-order valence-corrected chi connectivity index (χ3v) is 7.60. The third-order valence-electron chi connectivity index (χ3n) is 7.60. The van der Waals surface area contributed by atoms with E-state index in [-0.39, 0.29) is 0 Å². The number of hydrogen-bond acceptors (Lipinski definition) is 0. The van der Waals surface area contributed by atoms with E-state index in [1.54, 1.807) is 11.1 Å². The second kappa shape index (κ2) is 7.24. The molecule has 0 heterocycles. The smallest absolute Gasteiger partial charge is 0.00664 e. The highest BCUT2D eigenvalue weighted by atomic mass is 14.4. The molecule has 0 fully saturated rings. The average Bonchev–Trinajstić information content (AvgIpc) is 3.37. The van der Waals surface area contributed by atoms with Crippen LogP contribution >= 0.6 is 0 Å². The number of benzene rings is 4. The van der Waals surface area contributed by atoms with Gasteiger partial charge in [0.15, 0.2) is 0 Å². The van der Waals surface area contributed by atoms with Gasteiger partial charge in [-0.3, -0.25) is 0 Å². The van der Waals surface area contributed by atoms with Crippen LogP contribution in [0.3, 0.4) is 0 Å². The molecule has 152 valence electrons. The summed E-state index contributed by atoms with van der Waals surface area (Å²) in [5.74, 6) is 1.03. The van der Waals surface area contributed by atoms with Gasteiger partial charge in [-0.25, -0.2) is 0 Å². The molecule has 0 aromatic heterocycles. The van der Waals surface area contributed by atoms with E-state index in [9.17, 15) is 0 Å². The summed E-state index contributed by atoms with van der Waals surface area (Å²) in [6.07, 6.45) is 8.41.